The fourth-order valence-electron chi connectivity index (χ4n) is 2.75. The van der Waals surface area contributed by atoms with Crippen LogP contribution in [0.3, 0.4) is 0 Å². The number of hydrogen-bond donors (Lipinski definition) is 2. The molecule has 3 aromatic heterocycles. The first-order valence-corrected chi connectivity index (χ1v) is 10.8. The van der Waals surface area contributed by atoms with Crippen molar-refractivity contribution in [2.45, 2.75) is 11.8 Å². The summed E-state index contributed by atoms with van der Waals surface area (Å²) in [6, 6.07) is 9.10. The van der Waals surface area contributed by atoms with Crippen LogP contribution in [-0.4, -0.2) is 33.8 Å². The first-order valence-electron chi connectivity index (χ1n) is 8.54. The van der Waals surface area contributed by atoms with Gasteiger partial charge in [-0.05, 0) is 54.9 Å². The Kier molecular flexibility index (Phi) is 5.06. The van der Waals surface area contributed by atoms with Crippen molar-refractivity contribution in [1.29, 1.82) is 0 Å². The first kappa shape index (κ1) is 19.7. The number of hydrogen-bond acceptors (Lipinski definition) is 8. The number of ether oxygens (including phenoxy) is 1. The lowest BCUT2D eigenvalue weighted by Crippen LogP contribution is -2.16. The van der Waals surface area contributed by atoms with Gasteiger partial charge in [0.2, 0.25) is 0 Å². The molecule has 0 bridgehead atoms. The van der Waals surface area contributed by atoms with E-state index in [9.17, 15) is 18.3 Å². The highest BCUT2D eigenvalue weighted by molar-refractivity contribution is 7.92. The Hall–Kier alpha value is -3.57. The van der Waals surface area contributed by atoms with Gasteiger partial charge >= 0.3 is 5.97 Å². The number of carboxylic acids is 1. The molecule has 4 aromatic rings. The largest absolute Gasteiger partial charge is 0.478 e. The van der Waals surface area contributed by atoms with E-state index >= 15 is 0 Å². The van der Waals surface area contributed by atoms with Crippen molar-refractivity contribution in [3.05, 3.63) is 66.2 Å². The second-order valence-corrected chi connectivity index (χ2v) is 8.60. The summed E-state index contributed by atoms with van der Waals surface area (Å²) in [5.74, 6) is -0.297. The fraction of sp³-hybridized carbons (Fsp3) is 0.0526. The van der Waals surface area contributed by atoms with Gasteiger partial charge in [0.05, 0.1) is 21.7 Å². The third kappa shape index (κ3) is 3.80. The molecule has 0 unspecified atom stereocenters. The third-order valence-electron chi connectivity index (χ3n) is 4.16. The molecule has 0 saturated heterocycles. The summed E-state index contributed by atoms with van der Waals surface area (Å²) in [7, 11) is -4.07. The van der Waals surface area contributed by atoms with Crippen molar-refractivity contribution in [1.82, 2.24) is 14.3 Å². The van der Waals surface area contributed by atoms with Crippen LogP contribution in [0.25, 0.3) is 10.2 Å². The van der Waals surface area contributed by atoms with Gasteiger partial charge in [-0.1, -0.05) is 0 Å². The number of aryl methyl sites for hydroxylation is 1. The van der Waals surface area contributed by atoms with Crippen LogP contribution in [0.4, 0.5) is 5.69 Å². The number of aromatic carboxylic acids is 1. The minimum atomic E-state index is -4.07. The maximum atomic E-state index is 12.9. The van der Waals surface area contributed by atoms with E-state index in [1.54, 1.807) is 31.5 Å². The maximum Gasteiger partial charge on any atom is 0.339 e. The van der Waals surface area contributed by atoms with Gasteiger partial charge in [-0.2, -0.15) is 4.37 Å². The number of aromatic nitrogens is 3. The first-order chi connectivity index (χ1) is 14.3. The molecule has 0 aliphatic carbocycles. The number of nitrogens with one attached hydrogen (secondary N) is 1. The number of rotatable bonds is 6. The van der Waals surface area contributed by atoms with Crippen LogP contribution in [0.2, 0.25) is 0 Å². The number of sulfonamides is 1. The molecule has 0 spiro atoms. The molecule has 0 saturated carbocycles. The van der Waals surface area contributed by atoms with Crippen LogP contribution < -0.4 is 9.46 Å². The molecule has 0 radical (unpaired) electrons. The van der Waals surface area contributed by atoms with Gasteiger partial charge in [0, 0.05) is 18.6 Å². The highest BCUT2D eigenvalue weighted by Crippen LogP contribution is 2.33. The van der Waals surface area contributed by atoms with E-state index in [1.807, 2.05) is 0 Å². The normalized spacial score (nSPS) is 11.4. The summed E-state index contributed by atoms with van der Waals surface area (Å²) in [5, 5.41) is 9.85. The van der Waals surface area contributed by atoms with Crippen molar-refractivity contribution in [2.24, 2.45) is 0 Å². The Bertz CT molecular complexity index is 1340. The quantitative estimate of drug-likeness (QED) is 0.462. The van der Waals surface area contributed by atoms with Crippen molar-refractivity contribution in [3.8, 4) is 11.5 Å². The molecule has 9 nitrogen and oxygen atoms in total. The van der Waals surface area contributed by atoms with Gasteiger partial charge in [0.15, 0.2) is 0 Å². The number of nitrogens with zero attached hydrogens (tertiary/aromatic N) is 3. The van der Waals surface area contributed by atoms with Crippen molar-refractivity contribution in [3.63, 3.8) is 0 Å². The molecule has 2 N–H and O–H groups in total. The zero-order valence-electron chi connectivity index (χ0n) is 15.4. The summed E-state index contributed by atoms with van der Waals surface area (Å²) in [4.78, 5) is 20.0. The van der Waals surface area contributed by atoms with Gasteiger partial charge in [-0.25, -0.2) is 18.2 Å². The summed E-state index contributed by atoms with van der Waals surface area (Å²) < 4.78 is 38.0. The number of fused-ring (bicyclic) bond motifs is 1. The van der Waals surface area contributed by atoms with Crippen LogP contribution in [0, 0.1) is 6.92 Å². The van der Waals surface area contributed by atoms with Gasteiger partial charge in [-0.15, -0.1) is 0 Å². The maximum absolute atomic E-state index is 12.9. The smallest absolute Gasteiger partial charge is 0.339 e. The van der Waals surface area contributed by atoms with Gasteiger partial charge in [0.25, 0.3) is 10.0 Å². The van der Waals surface area contributed by atoms with Crippen molar-refractivity contribution < 1.29 is 23.1 Å². The summed E-state index contributed by atoms with van der Waals surface area (Å²) in [6.45, 7) is 1.66. The molecule has 11 heteroatoms. The van der Waals surface area contributed by atoms with E-state index in [4.69, 9.17) is 4.74 Å². The van der Waals surface area contributed by atoms with E-state index < -0.39 is 16.0 Å². The van der Waals surface area contributed by atoms with Gasteiger partial charge < -0.3 is 9.84 Å². The van der Waals surface area contributed by atoms with Crippen LogP contribution in [0.1, 0.15) is 16.1 Å². The van der Waals surface area contributed by atoms with E-state index in [0.29, 0.717) is 27.4 Å². The highest BCUT2D eigenvalue weighted by atomic mass is 32.2. The lowest BCUT2D eigenvalue weighted by atomic mass is 10.1. The van der Waals surface area contributed by atoms with Crippen LogP contribution in [0.5, 0.6) is 11.5 Å². The summed E-state index contributed by atoms with van der Waals surface area (Å²) in [5.41, 5.74) is 0.173. The van der Waals surface area contributed by atoms with Crippen molar-refractivity contribution >= 4 is 43.4 Å². The lowest BCUT2D eigenvalue weighted by molar-refractivity contribution is 0.0698. The lowest BCUT2D eigenvalue weighted by Gasteiger charge is -2.12. The standard InChI is InChI=1S/C19H14N4O5S2/c1-11-16-17(15(19(24)25)10-21-18(16)29-22-11)23-30(26,27)14-4-2-12(3-5-14)28-13-6-8-20-9-7-13/h2-10H,1H3,(H,21,23)(H,24,25). The summed E-state index contributed by atoms with van der Waals surface area (Å²) in [6.07, 6.45) is 4.27. The van der Waals surface area contributed by atoms with Crippen LogP contribution >= 0.6 is 11.5 Å². The number of pyridine rings is 2. The zero-order valence-corrected chi connectivity index (χ0v) is 17.1. The predicted molar refractivity (Wildman–Crippen MR) is 111 cm³/mol. The number of benzene rings is 1. The Morgan fingerprint density at radius 2 is 1.77 bits per heavy atom. The zero-order chi connectivity index (χ0) is 21.3. The number of anilines is 1. The molecule has 0 atom stereocenters. The highest BCUT2D eigenvalue weighted by Gasteiger charge is 2.23. The Morgan fingerprint density at radius 1 is 1.10 bits per heavy atom. The van der Waals surface area contributed by atoms with E-state index in [-0.39, 0.29) is 16.1 Å². The van der Waals surface area contributed by atoms with Gasteiger partial charge in [-0.3, -0.25) is 9.71 Å². The third-order valence-corrected chi connectivity index (χ3v) is 6.37. The molecule has 4 rings (SSSR count). The SMILES string of the molecule is Cc1nsc2ncc(C(=O)O)c(NS(=O)(=O)c3ccc(Oc4ccncc4)cc3)c12. The molecule has 0 amide bonds. The molecule has 30 heavy (non-hydrogen) atoms. The summed E-state index contributed by atoms with van der Waals surface area (Å²) >= 11 is 1.06. The number of carbonyl (C=O) groups is 1. The monoisotopic (exact) mass is 442 g/mol. The molecule has 152 valence electrons. The van der Waals surface area contributed by atoms with E-state index in [2.05, 4.69) is 19.1 Å². The average Bonchev–Trinajstić information content (AvgIpc) is 3.10. The molecule has 1 aromatic carbocycles. The second kappa shape index (κ2) is 7.69. The predicted octanol–water partition coefficient (Wildman–Crippen LogP) is 3.69. The fourth-order valence-corrected chi connectivity index (χ4v) is 4.60. The molecule has 0 aliphatic heterocycles. The van der Waals surface area contributed by atoms with E-state index in [0.717, 1.165) is 17.7 Å². The Balaban J connectivity index is 1.67. The Morgan fingerprint density at radius 3 is 2.43 bits per heavy atom. The topological polar surface area (TPSA) is 131 Å². The minimum Gasteiger partial charge on any atom is -0.478 e. The molecule has 0 aliphatic rings. The Labute approximate surface area is 175 Å². The molecular formula is C19H14N4O5S2. The van der Waals surface area contributed by atoms with Crippen molar-refractivity contribution in [2.75, 3.05) is 4.72 Å². The average molecular weight is 442 g/mol. The molecular weight excluding hydrogens is 428 g/mol. The number of carboxylic acid groups (broad SMARTS) is 1. The van der Waals surface area contributed by atoms with Gasteiger partial charge in [0.1, 0.15) is 21.9 Å². The van der Waals surface area contributed by atoms with Crippen LogP contribution in [0.15, 0.2) is 59.9 Å². The second-order valence-electron chi connectivity index (χ2n) is 6.16. The van der Waals surface area contributed by atoms with E-state index in [1.165, 1.54) is 24.3 Å². The minimum absolute atomic E-state index is 0.0493. The molecule has 3 heterocycles. The molecule has 0 fully saturated rings. The van der Waals surface area contributed by atoms with Crippen LogP contribution in [-0.2, 0) is 10.0 Å².